The van der Waals surface area contributed by atoms with E-state index in [1.54, 1.807) is 19.2 Å². The number of rotatable bonds is 6. The summed E-state index contributed by atoms with van der Waals surface area (Å²) in [6.45, 7) is 5.12. The lowest BCUT2D eigenvalue weighted by atomic mass is 10.1. The number of aliphatic imine (C=N–C) groups is 1. The van der Waals surface area contributed by atoms with Gasteiger partial charge in [0.25, 0.3) is 0 Å². The van der Waals surface area contributed by atoms with E-state index < -0.39 is 0 Å². The molecule has 0 fully saturated rings. The second-order valence-corrected chi connectivity index (χ2v) is 5.62. The van der Waals surface area contributed by atoms with E-state index in [-0.39, 0.29) is 0 Å². The van der Waals surface area contributed by atoms with E-state index in [0.29, 0.717) is 29.9 Å². The maximum Gasteiger partial charge on any atom is 0.193 e. The highest BCUT2D eigenvalue weighted by Crippen LogP contribution is 2.27. The molecule has 0 aliphatic rings. The molecule has 0 aliphatic heterocycles. The first kappa shape index (κ1) is 17.9. The summed E-state index contributed by atoms with van der Waals surface area (Å²) >= 11 is 6.09. The van der Waals surface area contributed by atoms with Gasteiger partial charge in [-0.1, -0.05) is 23.7 Å². The van der Waals surface area contributed by atoms with Crippen molar-refractivity contribution in [1.82, 2.24) is 0 Å². The van der Waals surface area contributed by atoms with Gasteiger partial charge in [-0.05, 0) is 49.2 Å². The molecule has 3 N–H and O–H groups in total. The highest BCUT2D eigenvalue weighted by Gasteiger charge is 2.03. The van der Waals surface area contributed by atoms with Gasteiger partial charge in [-0.3, -0.25) is 0 Å². The zero-order valence-corrected chi connectivity index (χ0v) is 14.9. The predicted molar refractivity (Wildman–Crippen MR) is 99.3 cm³/mol. The molecular weight excluding hydrogens is 326 g/mol. The van der Waals surface area contributed by atoms with E-state index in [2.05, 4.69) is 10.3 Å². The van der Waals surface area contributed by atoms with Crippen LogP contribution in [0.25, 0.3) is 0 Å². The predicted octanol–water partition coefficient (Wildman–Crippen LogP) is 3.98. The molecule has 0 unspecified atom stereocenters. The Kier molecular flexibility index (Phi) is 6.32. The van der Waals surface area contributed by atoms with Crippen molar-refractivity contribution < 1.29 is 9.47 Å². The lowest BCUT2D eigenvalue weighted by molar-refractivity contribution is 0.338. The number of nitrogens with one attached hydrogen (secondary N) is 1. The molecule has 128 valence electrons. The number of hydrogen-bond donors (Lipinski definition) is 2. The van der Waals surface area contributed by atoms with Crippen LogP contribution in [0.3, 0.4) is 0 Å². The quantitative estimate of drug-likeness (QED) is 0.612. The molecule has 0 aromatic heterocycles. The summed E-state index contributed by atoms with van der Waals surface area (Å²) in [6.07, 6.45) is 0. The van der Waals surface area contributed by atoms with Crippen molar-refractivity contribution in [2.24, 2.45) is 10.7 Å². The summed E-state index contributed by atoms with van der Waals surface area (Å²) in [5, 5.41) is 3.53. The third kappa shape index (κ3) is 4.80. The average molecular weight is 348 g/mol. The molecule has 0 saturated heterocycles. The molecule has 0 amide bonds. The largest absolute Gasteiger partial charge is 0.495 e. The average Bonchev–Trinajstić information content (AvgIpc) is 2.55. The second kappa shape index (κ2) is 8.45. The number of ether oxygens (including phenoxy) is 2. The molecule has 6 heteroatoms. The van der Waals surface area contributed by atoms with Gasteiger partial charge in [-0.15, -0.1) is 0 Å². The molecule has 2 aromatic carbocycles. The Morgan fingerprint density at radius 3 is 2.58 bits per heavy atom. The van der Waals surface area contributed by atoms with Gasteiger partial charge < -0.3 is 20.5 Å². The van der Waals surface area contributed by atoms with Crippen LogP contribution in [0.4, 0.5) is 5.69 Å². The van der Waals surface area contributed by atoms with Crippen LogP contribution in [0.1, 0.15) is 18.1 Å². The monoisotopic (exact) mass is 347 g/mol. The minimum atomic E-state index is 0.322. The van der Waals surface area contributed by atoms with Crippen molar-refractivity contribution in [3.63, 3.8) is 0 Å². The summed E-state index contributed by atoms with van der Waals surface area (Å²) in [7, 11) is 1.57. The molecule has 0 aliphatic carbocycles. The summed E-state index contributed by atoms with van der Waals surface area (Å²) in [5.74, 6) is 1.83. The van der Waals surface area contributed by atoms with Crippen molar-refractivity contribution in [2.45, 2.75) is 20.4 Å². The van der Waals surface area contributed by atoms with Gasteiger partial charge in [0.15, 0.2) is 5.96 Å². The van der Waals surface area contributed by atoms with Gasteiger partial charge in [0, 0.05) is 5.69 Å². The third-order valence-corrected chi connectivity index (χ3v) is 3.69. The smallest absolute Gasteiger partial charge is 0.193 e. The summed E-state index contributed by atoms with van der Waals surface area (Å²) < 4.78 is 10.6. The molecule has 5 nitrogen and oxygen atoms in total. The normalized spacial score (nSPS) is 11.2. The number of halogens is 1. The molecule has 0 atom stereocenters. The van der Waals surface area contributed by atoms with Crippen molar-refractivity contribution >= 4 is 23.2 Å². The Hall–Kier alpha value is -2.40. The van der Waals surface area contributed by atoms with Crippen molar-refractivity contribution in [1.29, 1.82) is 0 Å². The van der Waals surface area contributed by atoms with Gasteiger partial charge >= 0.3 is 0 Å². The van der Waals surface area contributed by atoms with Crippen LogP contribution in [-0.2, 0) is 6.54 Å². The van der Waals surface area contributed by atoms with E-state index in [4.69, 9.17) is 26.8 Å². The Balaban J connectivity index is 2.01. The number of benzene rings is 2. The minimum absolute atomic E-state index is 0.322. The van der Waals surface area contributed by atoms with Gasteiger partial charge in [-0.2, -0.15) is 0 Å². The maximum atomic E-state index is 6.09. The molecule has 0 bridgehead atoms. The first-order valence-corrected chi connectivity index (χ1v) is 8.04. The van der Waals surface area contributed by atoms with Crippen LogP contribution in [0.2, 0.25) is 5.02 Å². The van der Waals surface area contributed by atoms with E-state index in [0.717, 1.165) is 22.6 Å². The summed E-state index contributed by atoms with van der Waals surface area (Å²) in [4.78, 5) is 4.35. The zero-order chi connectivity index (χ0) is 17.5. The standard InChI is InChI=1S/C18H22ClN3O2/c1-4-24-16-7-5-13(9-12(16)2)11-21-18(20)22-14-6-8-17(23-3)15(19)10-14/h5-10H,4,11H2,1-3H3,(H3,20,21,22). The van der Waals surface area contributed by atoms with Crippen LogP contribution in [-0.4, -0.2) is 19.7 Å². The van der Waals surface area contributed by atoms with Gasteiger partial charge in [0.2, 0.25) is 0 Å². The number of anilines is 1. The van der Waals surface area contributed by atoms with Gasteiger partial charge in [0.1, 0.15) is 11.5 Å². The lowest BCUT2D eigenvalue weighted by Gasteiger charge is -2.10. The highest BCUT2D eigenvalue weighted by atomic mass is 35.5. The highest BCUT2D eigenvalue weighted by molar-refractivity contribution is 6.32. The third-order valence-electron chi connectivity index (χ3n) is 3.40. The fourth-order valence-corrected chi connectivity index (χ4v) is 2.49. The Morgan fingerprint density at radius 2 is 1.96 bits per heavy atom. The SMILES string of the molecule is CCOc1ccc(CN=C(N)Nc2ccc(OC)c(Cl)c2)cc1C. The van der Waals surface area contributed by atoms with E-state index >= 15 is 0 Å². The fraction of sp³-hybridized carbons (Fsp3) is 0.278. The Bertz CT molecular complexity index is 732. The number of guanidine groups is 1. The molecule has 0 heterocycles. The van der Waals surface area contributed by atoms with Gasteiger partial charge in [-0.25, -0.2) is 4.99 Å². The van der Waals surface area contributed by atoms with E-state index in [9.17, 15) is 0 Å². The zero-order valence-electron chi connectivity index (χ0n) is 14.1. The molecule has 2 rings (SSSR count). The number of aryl methyl sites for hydroxylation is 1. The van der Waals surface area contributed by atoms with Gasteiger partial charge in [0.05, 0.1) is 25.3 Å². The van der Waals surface area contributed by atoms with Crippen LogP contribution in [0, 0.1) is 6.92 Å². The van der Waals surface area contributed by atoms with Crippen molar-refractivity contribution in [3.05, 3.63) is 52.5 Å². The summed E-state index contributed by atoms with van der Waals surface area (Å²) in [5.41, 5.74) is 8.83. The van der Waals surface area contributed by atoms with Crippen LogP contribution in [0.15, 0.2) is 41.4 Å². The fourth-order valence-electron chi connectivity index (χ4n) is 2.24. The second-order valence-electron chi connectivity index (χ2n) is 5.21. The number of nitrogens with zero attached hydrogens (tertiary/aromatic N) is 1. The minimum Gasteiger partial charge on any atom is -0.495 e. The molecular formula is C18H22ClN3O2. The molecule has 2 aromatic rings. The van der Waals surface area contributed by atoms with Crippen molar-refractivity contribution in [3.8, 4) is 11.5 Å². The number of methoxy groups -OCH3 is 1. The number of hydrogen-bond acceptors (Lipinski definition) is 3. The topological polar surface area (TPSA) is 68.9 Å². The molecule has 24 heavy (non-hydrogen) atoms. The number of nitrogens with two attached hydrogens (primary N) is 1. The maximum absolute atomic E-state index is 6.09. The van der Waals surface area contributed by atoms with E-state index in [1.165, 1.54) is 0 Å². The summed E-state index contributed by atoms with van der Waals surface area (Å²) in [6, 6.07) is 11.3. The first-order valence-electron chi connectivity index (χ1n) is 7.66. The molecule has 0 spiro atoms. The lowest BCUT2D eigenvalue weighted by Crippen LogP contribution is -2.22. The van der Waals surface area contributed by atoms with Crippen LogP contribution in [0.5, 0.6) is 11.5 Å². The van der Waals surface area contributed by atoms with Crippen LogP contribution < -0.4 is 20.5 Å². The molecule has 0 saturated carbocycles. The first-order chi connectivity index (χ1) is 11.5. The van der Waals surface area contributed by atoms with Crippen molar-refractivity contribution in [2.75, 3.05) is 19.0 Å². The molecule has 0 radical (unpaired) electrons. The van der Waals surface area contributed by atoms with Crippen LogP contribution >= 0.6 is 11.6 Å². The van der Waals surface area contributed by atoms with E-state index in [1.807, 2.05) is 38.1 Å². The Labute approximate surface area is 147 Å². The Morgan fingerprint density at radius 1 is 1.21 bits per heavy atom.